The molecule has 3 nitrogen and oxygen atoms in total. The van der Waals surface area contributed by atoms with Gasteiger partial charge < -0.3 is 9.47 Å². The summed E-state index contributed by atoms with van der Waals surface area (Å²) < 4.78 is 11.8. The van der Waals surface area contributed by atoms with Gasteiger partial charge in [-0.1, -0.05) is 12.1 Å². The van der Waals surface area contributed by atoms with Crippen LogP contribution in [0.4, 0.5) is 0 Å². The summed E-state index contributed by atoms with van der Waals surface area (Å²) >= 11 is 0. The number of benzene rings is 1. The molecule has 4 heteroatoms. The average Bonchev–Trinajstić information content (AvgIpc) is 2.75. The zero-order chi connectivity index (χ0) is 11.0. The van der Waals surface area contributed by atoms with Crippen LogP contribution in [0.2, 0.25) is 0 Å². The highest BCUT2D eigenvalue weighted by Crippen LogP contribution is 2.33. The standard InChI is InChI=1S/C13H17NO2.ClH/c1-14-8-4-5-10(14)13-9-15-11-6-2-3-7-12(11)16-13;/h2-3,6-7,10,13H,4-5,8-9H2,1H3;1H/t10-,13+;/m0./s1. The molecule has 0 aliphatic carbocycles. The molecule has 2 atom stereocenters. The Balaban J connectivity index is 0.00000108. The molecule has 1 fully saturated rings. The van der Waals surface area contributed by atoms with Gasteiger partial charge in [0.1, 0.15) is 12.7 Å². The van der Waals surface area contributed by atoms with Crippen LogP contribution in [0.15, 0.2) is 24.3 Å². The van der Waals surface area contributed by atoms with E-state index in [9.17, 15) is 0 Å². The topological polar surface area (TPSA) is 21.7 Å². The Kier molecular flexibility index (Phi) is 3.79. The maximum atomic E-state index is 6.02. The van der Waals surface area contributed by atoms with Crippen molar-refractivity contribution in [2.45, 2.75) is 25.0 Å². The molecular weight excluding hydrogens is 238 g/mol. The van der Waals surface area contributed by atoms with Crippen molar-refractivity contribution in [2.75, 3.05) is 20.2 Å². The van der Waals surface area contributed by atoms with Gasteiger partial charge in [-0.2, -0.15) is 0 Å². The summed E-state index contributed by atoms with van der Waals surface area (Å²) in [6.45, 7) is 1.85. The van der Waals surface area contributed by atoms with Crippen LogP contribution in [0.5, 0.6) is 11.5 Å². The Morgan fingerprint density at radius 1 is 1.24 bits per heavy atom. The molecule has 0 aromatic heterocycles. The summed E-state index contributed by atoms with van der Waals surface area (Å²) in [7, 11) is 2.17. The van der Waals surface area contributed by atoms with Gasteiger partial charge in [0.2, 0.25) is 0 Å². The molecule has 2 aliphatic rings. The minimum atomic E-state index is 0. The van der Waals surface area contributed by atoms with Crippen molar-refractivity contribution >= 4 is 12.4 Å². The van der Waals surface area contributed by atoms with E-state index >= 15 is 0 Å². The number of ether oxygens (including phenoxy) is 2. The Labute approximate surface area is 108 Å². The highest BCUT2D eigenvalue weighted by molar-refractivity contribution is 5.85. The molecule has 0 saturated carbocycles. The largest absolute Gasteiger partial charge is 0.486 e. The number of fused-ring (bicyclic) bond motifs is 1. The fourth-order valence-electron chi connectivity index (χ4n) is 2.63. The van der Waals surface area contributed by atoms with E-state index < -0.39 is 0 Å². The second kappa shape index (κ2) is 5.15. The first-order valence-electron chi connectivity index (χ1n) is 5.93. The maximum absolute atomic E-state index is 6.02. The number of hydrogen-bond donors (Lipinski definition) is 0. The molecule has 0 unspecified atom stereocenters. The van der Waals surface area contributed by atoms with Crippen LogP contribution in [0.1, 0.15) is 12.8 Å². The van der Waals surface area contributed by atoms with Crippen LogP contribution >= 0.6 is 12.4 Å². The Morgan fingerprint density at radius 3 is 2.71 bits per heavy atom. The lowest BCUT2D eigenvalue weighted by Crippen LogP contribution is -2.45. The van der Waals surface area contributed by atoms with Crippen LogP contribution in [0.3, 0.4) is 0 Å². The summed E-state index contributed by atoms with van der Waals surface area (Å²) in [6, 6.07) is 8.42. The molecule has 17 heavy (non-hydrogen) atoms. The van der Waals surface area contributed by atoms with Crippen molar-refractivity contribution in [3.05, 3.63) is 24.3 Å². The van der Waals surface area contributed by atoms with Crippen LogP contribution < -0.4 is 9.47 Å². The van der Waals surface area contributed by atoms with E-state index in [1.807, 2.05) is 24.3 Å². The maximum Gasteiger partial charge on any atom is 0.161 e. The predicted molar refractivity (Wildman–Crippen MR) is 69.3 cm³/mol. The van der Waals surface area contributed by atoms with Gasteiger partial charge >= 0.3 is 0 Å². The molecule has 2 heterocycles. The molecule has 1 aromatic rings. The molecule has 0 bridgehead atoms. The summed E-state index contributed by atoms with van der Waals surface area (Å²) in [6.07, 6.45) is 2.66. The van der Waals surface area contributed by atoms with E-state index in [-0.39, 0.29) is 18.5 Å². The van der Waals surface area contributed by atoms with Crippen molar-refractivity contribution in [1.82, 2.24) is 4.90 Å². The van der Waals surface area contributed by atoms with Crippen LogP contribution in [0, 0.1) is 0 Å². The SMILES string of the molecule is CN1CCC[C@H]1[C@H]1COc2ccccc2O1.Cl. The molecular formula is C13H18ClNO2. The van der Waals surface area contributed by atoms with Crippen molar-refractivity contribution in [1.29, 1.82) is 0 Å². The first-order chi connectivity index (χ1) is 7.84. The van der Waals surface area contributed by atoms with Gasteiger partial charge in [-0.25, -0.2) is 0 Å². The smallest absolute Gasteiger partial charge is 0.161 e. The third kappa shape index (κ3) is 2.35. The molecule has 0 amide bonds. The second-order valence-corrected chi connectivity index (χ2v) is 4.60. The van der Waals surface area contributed by atoms with E-state index in [0.29, 0.717) is 12.6 Å². The molecule has 0 N–H and O–H groups in total. The minimum Gasteiger partial charge on any atom is -0.486 e. The number of likely N-dealkylation sites (N-methyl/N-ethyl adjacent to an activating group) is 1. The lowest BCUT2D eigenvalue weighted by atomic mass is 10.1. The van der Waals surface area contributed by atoms with Crippen molar-refractivity contribution in [3.63, 3.8) is 0 Å². The third-order valence-electron chi connectivity index (χ3n) is 3.54. The first kappa shape index (κ1) is 12.5. The van der Waals surface area contributed by atoms with Crippen LogP contribution in [-0.2, 0) is 0 Å². The Hall–Kier alpha value is -0.930. The highest BCUT2D eigenvalue weighted by atomic mass is 35.5. The molecule has 3 rings (SSSR count). The second-order valence-electron chi connectivity index (χ2n) is 4.60. The van der Waals surface area contributed by atoms with Crippen molar-refractivity contribution in [3.8, 4) is 11.5 Å². The number of para-hydroxylation sites is 2. The normalized spacial score (nSPS) is 27.6. The number of likely N-dealkylation sites (tertiary alicyclic amines) is 1. The first-order valence-corrected chi connectivity index (χ1v) is 5.93. The fraction of sp³-hybridized carbons (Fsp3) is 0.538. The summed E-state index contributed by atoms with van der Waals surface area (Å²) in [4.78, 5) is 2.38. The zero-order valence-corrected chi connectivity index (χ0v) is 10.8. The molecule has 2 aliphatic heterocycles. The number of halogens is 1. The molecule has 94 valence electrons. The molecule has 0 radical (unpaired) electrons. The number of hydrogen-bond acceptors (Lipinski definition) is 3. The number of nitrogens with zero attached hydrogens (tertiary/aromatic N) is 1. The van der Waals surface area contributed by atoms with E-state index in [4.69, 9.17) is 9.47 Å². The van der Waals surface area contributed by atoms with Gasteiger partial charge in [0.05, 0.1) is 0 Å². The number of rotatable bonds is 1. The lowest BCUT2D eigenvalue weighted by molar-refractivity contribution is 0.0369. The highest BCUT2D eigenvalue weighted by Gasteiger charge is 2.34. The Bertz CT molecular complexity index is 385. The zero-order valence-electron chi connectivity index (χ0n) is 9.96. The van der Waals surface area contributed by atoms with Gasteiger partial charge in [0, 0.05) is 6.04 Å². The third-order valence-corrected chi connectivity index (χ3v) is 3.54. The Morgan fingerprint density at radius 2 is 2.00 bits per heavy atom. The molecule has 1 aromatic carbocycles. The van der Waals surface area contributed by atoms with E-state index in [2.05, 4.69) is 11.9 Å². The van der Waals surface area contributed by atoms with E-state index in [1.165, 1.54) is 19.4 Å². The molecule has 1 saturated heterocycles. The summed E-state index contributed by atoms with van der Waals surface area (Å²) in [5.41, 5.74) is 0. The van der Waals surface area contributed by atoms with Crippen LogP contribution in [0.25, 0.3) is 0 Å². The van der Waals surface area contributed by atoms with E-state index in [0.717, 1.165) is 11.5 Å². The van der Waals surface area contributed by atoms with Crippen molar-refractivity contribution in [2.24, 2.45) is 0 Å². The monoisotopic (exact) mass is 255 g/mol. The van der Waals surface area contributed by atoms with Gasteiger partial charge in [-0.15, -0.1) is 12.4 Å². The van der Waals surface area contributed by atoms with Gasteiger partial charge in [0.25, 0.3) is 0 Å². The minimum absolute atomic E-state index is 0. The lowest BCUT2D eigenvalue weighted by Gasteiger charge is -2.33. The average molecular weight is 256 g/mol. The van der Waals surface area contributed by atoms with Gasteiger partial charge in [0.15, 0.2) is 11.5 Å². The summed E-state index contributed by atoms with van der Waals surface area (Å²) in [5, 5.41) is 0. The summed E-state index contributed by atoms with van der Waals surface area (Å²) in [5.74, 6) is 1.76. The quantitative estimate of drug-likeness (QED) is 0.769. The van der Waals surface area contributed by atoms with Crippen LogP contribution in [-0.4, -0.2) is 37.2 Å². The van der Waals surface area contributed by atoms with Gasteiger partial charge in [-0.3, -0.25) is 4.90 Å². The molecule has 0 spiro atoms. The van der Waals surface area contributed by atoms with Crippen molar-refractivity contribution < 1.29 is 9.47 Å². The van der Waals surface area contributed by atoms with Gasteiger partial charge in [-0.05, 0) is 38.6 Å². The fourth-order valence-corrected chi connectivity index (χ4v) is 2.63. The van der Waals surface area contributed by atoms with E-state index in [1.54, 1.807) is 0 Å². The predicted octanol–water partition coefficient (Wildman–Crippen LogP) is 2.34.